The Bertz CT molecular complexity index is 148. The lowest BCUT2D eigenvalue weighted by Crippen LogP contribution is -2.25. The second-order valence-corrected chi connectivity index (χ2v) is 2.70. The fraction of sp³-hybridized carbons (Fsp3) is 0.875. The predicted octanol–water partition coefficient (Wildman–Crippen LogP) is 2.10. The van der Waals surface area contributed by atoms with Gasteiger partial charge in [-0.3, -0.25) is 4.79 Å². The minimum atomic E-state index is -0.166. The van der Waals surface area contributed by atoms with Gasteiger partial charge in [0.05, 0.1) is 5.29 Å². The van der Waals surface area contributed by atoms with Gasteiger partial charge in [-0.1, -0.05) is 20.3 Å². The molecule has 70 valence electrons. The molecule has 0 rings (SSSR count). The fourth-order valence-electron chi connectivity index (χ4n) is 0.862. The van der Waals surface area contributed by atoms with E-state index in [0.717, 1.165) is 24.3 Å². The van der Waals surface area contributed by atoms with Crippen LogP contribution in [0.1, 0.15) is 39.5 Å². The third kappa shape index (κ3) is 4.05. The molecule has 4 nitrogen and oxygen atoms in total. The maximum atomic E-state index is 11.1. The van der Waals surface area contributed by atoms with E-state index in [1.807, 2.05) is 13.8 Å². The van der Waals surface area contributed by atoms with Gasteiger partial charge in [0.2, 0.25) is 5.91 Å². The van der Waals surface area contributed by atoms with Gasteiger partial charge in [0.25, 0.3) is 0 Å². The molecule has 0 aliphatic rings. The Morgan fingerprint density at radius 3 is 2.42 bits per heavy atom. The smallest absolute Gasteiger partial charge is 0.245 e. The third-order valence-electron chi connectivity index (χ3n) is 1.57. The molecule has 0 spiro atoms. The number of amides is 1. The van der Waals surface area contributed by atoms with E-state index in [-0.39, 0.29) is 5.91 Å². The minimum Gasteiger partial charge on any atom is -0.273 e. The van der Waals surface area contributed by atoms with Crippen LogP contribution in [0.5, 0.6) is 0 Å². The van der Waals surface area contributed by atoms with Crippen molar-refractivity contribution in [3.05, 3.63) is 4.91 Å². The van der Waals surface area contributed by atoms with Gasteiger partial charge in [-0.05, 0) is 12.8 Å². The zero-order valence-corrected chi connectivity index (χ0v) is 7.75. The van der Waals surface area contributed by atoms with E-state index < -0.39 is 0 Å². The molecule has 0 fully saturated rings. The SMILES string of the molecule is CCCCN(N=O)C(=O)CCC. The number of nitrogens with zero attached hydrogens (tertiary/aromatic N) is 2. The molecule has 0 aromatic heterocycles. The first kappa shape index (κ1) is 11.1. The summed E-state index contributed by atoms with van der Waals surface area (Å²) in [6.07, 6.45) is 2.97. The van der Waals surface area contributed by atoms with Gasteiger partial charge >= 0.3 is 0 Å². The van der Waals surface area contributed by atoms with Gasteiger partial charge in [0.1, 0.15) is 0 Å². The van der Waals surface area contributed by atoms with Crippen LogP contribution >= 0.6 is 0 Å². The highest BCUT2D eigenvalue weighted by Crippen LogP contribution is 2.00. The van der Waals surface area contributed by atoms with Crippen molar-refractivity contribution >= 4 is 5.91 Å². The van der Waals surface area contributed by atoms with Crippen LogP contribution in [-0.4, -0.2) is 17.5 Å². The molecule has 0 radical (unpaired) electrons. The van der Waals surface area contributed by atoms with Crippen molar-refractivity contribution in [1.82, 2.24) is 5.01 Å². The number of carbonyl (C=O) groups is 1. The Morgan fingerprint density at radius 1 is 1.33 bits per heavy atom. The van der Waals surface area contributed by atoms with Crippen LogP contribution in [0.4, 0.5) is 0 Å². The lowest BCUT2D eigenvalue weighted by atomic mass is 10.3. The van der Waals surface area contributed by atoms with Gasteiger partial charge in [-0.25, -0.2) is 0 Å². The maximum Gasteiger partial charge on any atom is 0.245 e. The molecule has 0 atom stereocenters. The normalized spacial score (nSPS) is 9.50. The molecule has 0 aliphatic heterocycles. The molecule has 0 aromatic rings. The number of rotatable bonds is 6. The molecule has 0 bridgehead atoms. The topological polar surface area (TPSA) is 49.7 Å². The average Bonchev–Trinajstić information content (AvgIpc) is 2.06. The van der Waals surface area contributed by atoms with E-state index in [1.165, 1.54) is 0 Å². The zero-order valence-electron chi connectivity index (χ0n) is 7.75. The van der Waals surface area contributed by atoms with Gasteiger partial charge < -0.3 is 0 Å². The van der Waals surface area contributed by atoms with E-state index in [1.54, 1.807) is 0 Å². The van der Waals surface area contributed by atoms with Crippen molar-refractivity contribution in [2.45, 2.75) is 39.5 Å². The lowest BCUT2D eigenvalue weighted by Gasteiger charge is -2.11. The van der Waals surface area contributed by atoms with Crippen molar-refractivity contribution in [3.8, 4) is 0 Å². The second kappa shape index (κ2) is 6.76. The highest BCUT2D eigenvalue weighted by Gasteiger charge is 2.11. The van der Waals surface area contributed by atoms with E-state index in [2.05, 4.69) is 5.29 Å². The van der Waals surface area contributed by atoms with E-state index in [0.29, 0.717) is 13.0 Å². The van der Waals surface area contributed by atoms with Crippen LogP contribution in [0, 0.1) is 4.91 Å². The van der Waals surface area contributed by atoms with Crippen LogP contribution in [0.15, 0.2) is 5.29 Å². The van der Waals surface area contributed by atoms with Gasteiger partial charge in [0, 0.05) is 13.0 Å². The molecule has 0 unspecified atom stereocenters. The molecule has 4 heteroatoms. The lowest BCUT2D eigenvalue weighted by molar-refractivity contribution is -0.131. The van der Waals surface area contributed by atoms with Crippen molar-refractivity contribution in [1.29, 1.82) is 0 Å². The minimum absolute atomic E-state index is 0.166. The fourth-order valence-corrected chi connectivity index (χ4v) is 0.862. The average molecular weight is 172 g/mol. The summed E-state index contributed by atoms with van der Waals surface area (Å²) in [5.74, 6) is -0.166. The summed E-state index contributed by atoms with van der Waals surface area (Å²) in [5, 5.41) is 3.70. The Hall–Kier alpha value is -0.930. The Labute approximate surface area is 72.9 Å². The first-order valence-electron chi connectivity index (χ1n) is 4.39. The Balaban J connectivity index is 3.79. The Kier molecular flexibility index (Phi) is 6.24. The predicted molar refractivity (Wildman–Crippen MR) is 47.3 cm³/mol. The molecule has 0 saturated heterocycles. The highest BCUT2D eigenvalue weighted by molar-refractivity contribution is 5.75. The maximum absolute atomic E-state index is 11.1. The van der Waals surface area contributed by atoms with Crippen LogP contribution in [-0.2, 0) is 4.79 Å². The molecule has 0 aromatic carbocycles. The molecule has 0 heterocycles. The number of unbranched alkanes of at least 4 members (excludes halogenated alkanes) is 1. The number of nitroso groups, excluding NO2 is 1. The van der Waals surface area contributed by atoms with Crippen molar-refractivity contribution in [3.63, 3.8) is 0 Å². The van der Waals surface area contributed by atoms with Crippen LogP contribution < -0.4 is 0 Å². The molecular weight excluding hydrogens is 156 g/mol. The summed E-state index contributed by atoms with van der Waals surface area (Å²) in [7, 11) is 0. The largest absolute Gasteiger partial charge is 0.273 e. The molecular formula is C8H16N2O2. The summed E-state index contributed by atoms with van der Waals surface area (Å²) >= 11 is 0. The Morgan fingerprint density at radius 2 is 2.00 bits per heavy atom. The standard InChI is InChI=1S/C8H16N2O2/c1-3-5-7-10(9-12)8(11)6-4-2/h3-7H2,1-2H3. The molecule has 0 N–H and O–H groups in total. The zero-order chi connectivity index (χ0) is 9.40. The number of hydrogen-bond donors (Lipinski definition) is 0. The van der Waals surface area contributed by atoms with E-state index in [9.17, 15) is 9.70 Å². The van der Waals surface area contributed by atoms with Crippen molar-refractivity contribution in [2.24, 2.45) is 5.29 Å². The van der Waals surface area contributed by atoms with Crippen molar-refractivity contribution < 1.29 is 4.79 Å². The quantitative estimate of drug-likeness (QED) is 0.455. The summed E-state index contributed by atoms with van der Waals surface area (Å²) < 4.78 is 0. The number of carbonyl (C=O) groups excluding carboxylic acids is 1. The highest BCUT2D eigenvalue weighted by atomic mass is 16.3. The molecule has 0 aliphatic carbocycles. The second-order valence-electron chi connectivity index (χ2n) is 2.70. The van der Waals surface area contributed by atoms with E-state index in [4.69, 9.17) is 0 Å². The number of hydrogen-bond acceptors (Lipinski definition) is 3. The van der Waals surface area contributed by atoms with Crippen LogP contribution in [0.3, 0.4) is 0 Å². The van der Waals surface area contributed by atoms with Gasteiger partial charge in [-0.15, -0.1) is 4.91 Å². The summed E-state index contributed by atoms with van der Waals surface area (Å²) in [4.78, 5) is 21.3. The van der Waals surface area contributed by atoms with Crippen LogP contribution in [0.25, 0.3) is 0 Å². The molecule has 0 saturated carbocycles. The summed E-state index contributed by atoms with van der Waals surface area (Å²) in [5.41, 5.74) is 0. The van der Waals surface area contributed by atoms with Crippen LogP contribution in [0.2, 0.25) is 0 Å². The third-order valence-corrected chi connectivity index (χ3v) is 1.57. The van der Waals surface area contributed by atoms with E-state index >= 15 is 0 Å². The summed E-state index contributed by atoms with van der Waals surface area (Å²) in [6.45, 7) is 4.37. The first-order chi connectivity index (χ1) is 5.76. The molecule has 1 amide bonds. The molecule has 12 heavy (non-hydrogen) atoms. The van der Waals surface area contributed by atoms with Gasteiger partial charge in [0.15, 0.2) is 0 Å². The summed E-state index contributed by atoms with van der Waals surface area (Å²) in [6, 6.07) is 0. The monoisotopic (exact) mass is 172 g/mol. The van der Waals surface area contributed by atoms with Crippen molar-refractivity contribution in [2.75, 3.05) is 6.54 Å². The van der Waals surface area contributed by atoms with Gasteiger partial charge in [-0.2, -0.15) is 5.01 Å². The first-order valence-corrected chi connectivity index (χ1v) is 4.39.